The lowest BCUT2D eigenvalue weighted by Crippen LogP contribution is -2.54. The summed E-state index contributed by atoms with van der Waals surface area (Å²) in [5, 5.41) is 12.7. The molecular formula is C26H27Cl2F6N5O5S. The Kier molecular flexibility index (Phi) is 9.64. The standard InChI is InChI=1S/C26H27Cl2F6N5O5S/c1-11-6-4-5-9-39(11)20(41)16-17(45-19(36-16)18(40)35-10-23(2,3)21-37-22(42)44-38-21)12-7-8-13(15(28)14(12)27)24(43,25(29,30)31)26(32,33)34/h7-8,11,21,38,43H,4-6,9-10H2,1-3H3,(H,35,40)(H,37,42)/t11-,21?/m0/s1. The maximum Gasteiger partial charge on any atom is 0.430 e. The number of carbonyl (C=O) groups is 3. The molecule has 10 nitrogen and oxygen atoms in total. The van der Waals surface area contributed by atoms with Crippen molar-refractivity contribution in [2.75, 3.05) is 13.1 Å². The fourth-order valence-electron chi connectivity index (χ4n) is 4.88. The van der Waals surface area contributed by atoms with Crippen molar-refractivity contribution >= 4 is 52.4 Å². The number of nitrogens with zero attached hydrogens (tertiary/aromatic N) is 2. The number of nitrogens with one attached hydrogen (secondary N) is 3. The number of hydroxylamine groups is 1. The van der Waals surface area contributed by atoms with E-state index in [1.165, 1.54) is 4.90 Å². The highest BCUT2D eigenvalue weighted by Gasteiger charge is 2.72. The lowest BCUT2D eigenvalue weighted by molar-refractivity contribution is -0.376. The SMILES string of the molecule is C[C@H]1CCCCN1C(=O)c1nc(C(=O)NCC(C)(C)C2NOC(=O)N2)sc1-c1ccc(C(O)(C(F)(F)F)C(F)(F)F)c(Cl)c1Cl. The first-order valence-electron chi connectivity index (χ1n) is 13.4. The van der Waals surface area contributed by atoms with Crippen LogP contribution in [0.3, 0.4) is 0 Å². The van der Waals surface area contributed by atoms with Crippen LogP contribution in [0.4, 0.5) is 31.1 Å². The van der Waals surface area contributed by atoms with Gasteiger partial charge in [-0.3, -0.25) is 9.59 Å². The number of thiazole rings is 1. The quantitative estimate of drug-likeness (QED) is 0.269. The van der Waals surface area contributed by atoms with Crippen molar-refractivity contribution in [1.82, 2.24) is 26.0 Å². The minimum absolute atomic E-state index is 0.0385. The summed E-state index contributed by atoms with van der Waals surface area (Å²) < 4.78 is 81.6. The van der Waals surface area contributed by atoms with Crippen molar-refractivity contribution in [2.24, 2.45) is 5.41 Å². The van der Waals surface area contributed by atoms with Crippen LogP contribution in [0.5, 0.6) is 0 Å². The highest BCUT2D eigenvalue weighted by atomic mass is 35.5. The van der Waals surface area contributed by atoms with Crippen LogP contribution in [0.15, 0.2) is 12.1 Å². The normalized spacial score (nSPS) is 19.7. The summed E-state index contributed by atoms with van der Waals surface area (Å²) in [5.74, 6) is -1.41. The lowest BCUT2D eigenvalue weighted by atomic mass is 9.89. The summed E-state index contributed by atoms with van der Waals surface area (Å²) in [7, 11) is 0. The van der Waals surface area contributed by atoms with Crippen LogP contribution in [-0.4, -0.2) is 70.5 Å². The molecule has 0 bridgehead atoms. The van der Waals surface area contributed by atoms with Crippen LogP contribution < -0.4 is 16.1 Å². The second-order valence-electron chi connectivity index (χ2n) is 11.3. The Hall–Kier alpha value is -2.86. The number of alkyl halides is 6. The molecule has 2 aliphatic heterocycles. The van der Waals surface area contributed by atoms with E-state index in [1.807, 2.05) is 0 Å². The number of hydrogen-bond donors (Lipinski definition) is 4. The third kappa shape index (κ3) is 6.54. The van der Waals surface area contributed by atoms with Gasteiger partial charge in [-0.05, 0) is 26.2 Å². The number of aromatic nitrogens is 1. The molecule has 3 amide bonds. The average molecular weight is 706 g/mol. The Labute approximate surface area is 266 Å². The summed E-state index contributed by atoms with van der Waals surface area (Å²) in [4.78, 5) is 48.6. The van der Waals surface area contributed by atoms with Gasteiger partial charge in [-0.15, -0.1) is 16.8 Å². The van der Waals surface area contributed by atoms with Crippen LogP contribution in [0.25, 0.3) is 10.4 Å². The van der Waals surface area contributed by atoms with Gasteiger partial charge in [-0.2, -0.15) is 26.3 Å². The zero-order chi connectivity index (χ0) is 33.7. The molecule has 2 aliphatic rings. The molecule has 3 heterocycles. The highest BCUT2D eigenvalue weighted by molar-refractivity contribution is 7.17. The molecule has 0 radical (unpaired) electrons. The third-order valence-electron chi connectivity index (χ3n) is 7.64. The first kappa shape index (κ1) is 35.0. The topological polar surface area (TPSA) is 133 Å². The average Bonchev–Trinajstić information content (AvgIpc) is 3.59. The number of aliphatic hydroxyl groups is 1. The van der Waals surface area contributed by atoms with Crippen LogP contribution in [0.2, 0.25) is 10.0 Å². The van der Waals surface area contributed by atoms with Crippen molar-refractivity contribution < 1.29 is 50.7 Å². The molecule has 45 heavy (non-hydrogen) atoms. The number of piperidine rings is 1. The zero-order valence-electron chi connectivity index (χ0n) is 23.8. The van der Waals surface area contributed by atoms with Crippen molar-refractivity contribution in [3.63, 3.8) is 0 Å². The first-order valence-corrected chi connectivity index (χ1v) is 15.0. The fourth-order valence-corrected chi connectivity index (χ4v) is 6.50. The molecule has 2 aromatic rings. The van der Waals surface area contributed by atoms with E-state index in [4.69, 9.17) is 23.2 Å². The maximum absolute atomic E-state index is 13.7. The van der Waals surface area contributed by atoms with Gasteiger partial charge in [0.2, 0.25) is 0 Å². The molecule has 2 atom stereocenters. The van der Waals surface area contributed by atoms with Crippen LogP contribution in [-0.2, 0) is 10.4 Å². The van der Waals surface area contributed by atoms with Gasteiger partial charge in [0.15, 0.2) is 5.01 Å². The molecule has 0 spiro atoms. The van der Waals surface area contributed by atoms with Crippen molar-refractivity contribution in [3.05, 3.63) is 38.4 Å². The van der Waals surface area contributed by atoms with E-state index >= 15 is 0 Å². The molecule has 4 rings (SSSR count). The predicted octanol–water partition coefficient (Wildman–Crippen LogP) is 5.77. The van der Waals surface area contributed by atoms with Crippen LogP contribution >= 0.6 is 34.5 Å². The molecule has 1 aromatic heterocycles. The van der Waals surface area contributed by atoms with Crippen molar-refractivity contribution in [2.45, 2.75) is 70.2 Å². The summed E-state index contributed by atoms with van der Waals surface area (Å²) in [6.45, 7) is 5.50. The molecule has 4 N–H and O–H groups in total. The Morgan fingerprint density at radius 2 is 1.78 bits per heavy atom. The van der Waals surface area contributed by atoms with Gasteiger partial charge < -0.3 is 25.5 Å². The second-order valence-corrected chi connectivity index (χ2v) is 13.0. The molecule has 2 saturated heterocycles. The van der Waals surface area contributed by atoms with Crippen molar-refractivity contribution in [1.29, 1.82) is 0 Å². The van der Waals surface area contributed by atoms with Crippen LogP contribution in [0.1, 0.15) is 65.9 Å². The predicted molar refractivity (Wildman–Crippen MR) is 151 cm³/mol. The summed E-state index contributed by atoms with van der Waals surface area (Å²) in [5.41, 5.74) is -6.04. The van der Waals surface area contributed by atoms with E-state index in [0.29, 0.717) is 36.8 Å². The van der Waals surface area contributed by atoms with E-state index in [9.17, 15) is 45.8 Å². The number of carbonyl (C=O) groups excluding carboxylic acids is 3. The minimum atomic E-state index is -6.22. The zero-order valence-corrected chi connectivity index (χ0v) is 26.1. The monoisotopic (exact) mass is 705 g/mol. The summed E-state index contributed by atoms with van der Waals surface area (Å²) in [6, 6.07) is 0.829. The van der Waals surface area contributed by atoms with Crippen LogP contribution in [0, 0.1) is 5.41 Å². The summed E-state index contributed by atoms with van der Waals surface area (Å²) >= 11 is 12.8. The maximum atomic E-state index is 13.7. The number of hydrogen-bond acceptors (Lipinski definition) is 8. The highest BCUT2D eigenvalue weighted by Crippen LogP contribution is 2.54. The van der Waals surface area contributed by atoms with Gasteiger partial charge in [-0.1, -0.05) is 49.2 Å². The van der Waals surface area contributed by atoms with E-state index in [1.54, 1.807) is 20.8 Å². The fraction of sp³-hybridized carbons (Fsp3) is 0.538. The smallest absolute Gasteiger partial charge is 0.369 e. The lowest BCUT2D eigenvalue weighted by Gasteiger charge is -2.34. The van der Waals surface area contributed by atoms with Gasteiger partial charge in [-0.25, -0.2) is 9.78 Å². The minimum Gasteiger partial charge on any atom is -0.369 e. The third-order valence-corrected chi connectivity index (χ3v) is 9.61. The number of benzene rings is 1. The number of likely N-dealkylation sites (tertiary alicyclic amines) is 1. The van der Waals surface area contributed by atoms with E-state index in [0.717, 1.165) is 12.5 Å². The molecule has 1 unspecified atom stereocenters. The van der Waals surface area contributed by atoms with Gasteiger partial charge in [0.05, 0.1) is 14.9 Å². The Balaban J connectivity index is 1.77. The Bertz CT molecular complexity index is 1490. The molecule has 0 aliphatic carbocycles. The largest absolute Gasteiger partial charge is 0.430 e. The van der Waals surface area contributed by atoms with Crippen molar-refractivity contribution in [3.8, 4) is 10.4 Å². The number of halogens is 8. The summed E-state index contributed by atoms with van der Waals surface area (Å²) in [6.07, 6.45) is -11.7. The van der Waals surface area contributed by atoms with E-state index < -0.39 is 63.1 Å². The van der Waals surface area contributed by atoms with Gasteiger partial charge in [0.1, 0.15) is 11.9 Å². The van der Waals surface area contributed by atoms with E-state index in [2.05, 4.69) is 25.9 Å². The van der Waals surface area contributed by atoms with Gasteiger partial charge >= 0.3 is 18.4 Å². The molecule has 1 aromatic carbocycles. The van der Waals surface area contributed by atoms with Gasteiger partial charge in [0, 0.05) is 35.7 Å². The molecule has 19 heteroatoms. The Morgan fingerprint density at radius 3 is 2.33 bits per heavy atom. The molecular weight excluding hydrogens is 679 g/mol. The first-order chi connectivity index (χ1) is 20.7. The molecule has 2 fully saturated rings. The number of rotatable bonds is 7. The second kappa shape index (κ2) is 12.4. The Morgan fingerprint density at radius 1 is 1.13 bits per heavy atom. The number of amides is 3. The molecule has 0 saturated carbocycles. The van der Waals surface area contributed by atoms with E-state index in [-0.39, 0.29) is 33.7 Å². The molecule has 248 valence electrons. The van der Waals surface area contributed by atoms with Gasteiger partial charge in [0.25, 0.3) is 17.4 Å².